The molecule has 1 amide bonds. The number of ketones is 1. The van der Waals surface area contributed by atoms with E-state index in [0.717, 1.165) is 50.0 Å². The molecule has 0 N–H and O–H groups in total. The van der Waals surface area contributed by atoms with E-state index < -0.39 is 5.92 Å². The van der Waals surface area contributed by atoms with Crippen molar-refractivity contribution < 1.29 is 14.4 Å². The summed E-state index contributed by atoms with van der Waals surface area (Å²) < 4.78 is 2.24. The summed E-state index contributed by atoms with van der Waals surface area (Å²) in [4.78, 5) is 34.0. The van der Waals surface area contributed by atoms with Gasteiger partial charge in [-0.05, 0) is 49.9 Å². The fourth-order valence-electron chi connectivity index (χ4n) is 6.35. The van der Waals surface area contributed by atoms with Crippen LogP contribution in [0.15, 0.2) is 30.3 Å². The van der Waals surface area contributed by atoms with E-state index in [1.165, 1.54) is 28.8 Å². The first-order valence-electron chi connectivity index (χ1n) is 11.9. The molecule has 0 saturated carbocycles. The Kier molecular flexibility index (Phi) is 5.25. The zero-order chi connectivity index (χ0) is 22.6. The summed E-state index contributed by atoms with van der Waals surface area (Å²) in [7, 11) is 3.06. The van der Waals surface area contributed by atoms with Crippen LogP contribution >= 0.6 is 0 Å². The van der Waals surface area contributed by atoms with Gasteiger partial charge in [0.15, 0.2) is 5.78 Å². The molecule has 6 nitrogen and oxygen atoms in total. The Hall–Kier alpha value is -2.44. The van der Waals surface area contributed by atoms with Crippen molar-refractivity contribution in [3.63, 3.8) is 0 Å². The molecular weight excluding hydrogens is 402 g/mol. The number of benzene rings is 1. The number of fused-ring (bicyclic) bond motifs is 3. The molecule has 3 atom stereocenters. The largest absolute Gasteiger partial charge is 0.309 e. The number of rotatable bonds is 6. The minimum atomic E-state index is -0.441. The number of Topliss-reactive ketones (excluding diaryl/α,β-unsaturated/α-hetero) is 1. The number of carbonyl (C=O) groups is 2. The third-order valence-corrected chi connectivity index (χ3v) is 8.03. The van der Waals surface area contributed by atoms with Crippen LogP contribution in [0.25, 0.3) is 16.6 Å². The monoisotopic (exact) mass is 435 g/mol. The van der Waals surface area contributed by atoms with Gasteiger partial charge in [-0.2, -0.15) is 0 Å². The minimum Gasteiger partial charge on any atom is -0.309 e. The van der Waals surface area contributed by atoms with Gasteiger partial charge in [-0.1, -0.05) is 32.0 Å². The molecule has 3 aliphatic heterocycles. The van der Waals surface area contributed by atoms with E-state index >= 15 is 0 Å². The summed E-state index contributed by atoms with van der Waals surface area (Å²) >= 11 is 0. The molecule has 3 aliphatic rings. The van der Waals surface area contributed by atoms with Crippen molar-refractivity contribution in [3.05, 3.63) is 41.6 Å². The number of aromatic nitrogens is 1. The van der Waals surface area contributed by atoms with Gasteiger partial charge in [-0.15, -0.1) is 0 Å². The summed E-state index contributed by atoms with van der Waals surface area (Å²) in [5, 5.41) is 2.48. The van der Waals surface area contributed by atoms with E-state index in [2.05, 4.69) is 46.7 Å². The second-order valence-electron chi connectivity index (χ2n) is 9.67. The van der Waals surface area contributed by atoms with E-state index in [9.17, 15) is 9.59 Å². The van der Waals surface area contributed by atoms with Crippen molar-refractivity contribution in [3.8, 4) is 0 Å². The molecule has 0 radical (unpaired) electrons. The zero-order valence-corrected chi connectivity index (χ0v) is 19.6. The van der Waals surface area contributed by atoms with Crippen molar-refractivity contribution in [2.24, 2.45) is 11.3 Å². The number of piperidine rings is 1. The maximum absolute atomic E-state index is 13.8. The smallest absolute Gasteiger partial charge is 0.249 e. The summed E-state index contributed by atoms with van der Waals surface area (Å²) in [5.74, 6) is -0.583. The summed E-state index contributed by atoms with van der Waals surface area (Å²) in [6, 6.07) is 8.81. The lowest BCUT2D eigenvalue weighted by Crippen LogP contribution is -2.51. The quantitative estimate of drug-likeness (QED) is 0.638. The van der Waals surface area contributed by atoms with Crippen LogP contribution < -0.4 is 0 Å². The molecule has 1 fully saturated rings. The molecule has 0 unspecified atom stereocenters. The highest BCUT2D eigenvalue weighted by Crippen LogP contribution is 2.57. The van der Waals surface area contributed by atoms with E-state index in [0.29, 0.717) is 6.04 Å². The highest BCUT2D eigenvalue weighted by atomic mass is 16.7. The standard InChI is InChI=1S/C26H33N3O3/c1-5-26-12-8-13-28-14-11-19-18-9-6-7-10-20(18)29(23(19)24(26)28)21(16-26)22(30)15-17(2)25(31)27(3)32-4/h6-7,9-10,16-17,24H,5,8,11-15H2,1-4H3/t17-,24-,26+/m1/s1. The number of hydroxylamine groups is 2. The third-order valence-electron chi connectivity index (χ3n) is 8.03. The lowest BCUT2D eigenvalue weighted by Gasteiger charge is -2.53. The Morgan fingerprint density at radius 1 is 1.28 bits per heavy atom. The van der Waals surface area contributed by atoms with Crippen LogP contribution in [0.3, 0.4) is 0 Å². The molecule has 0 bridgehead atoms. The Morgan fingerprint density at radius 3 is 2.81 bits per heavy atom. The average Bonchev–Trinajstić information content (AvgIpc) is 3.16. The second kappa shape index (κ2) is 7.85. The van der Waals surface area contributed by atoms with Crippen LogP contribution in [0.4, 0.5) is 0 Å². The highest BCUT2D eigenvalue weighted by Gasteiger charge is 2.51. The zero-order valence-electron chi connectivity index (χ0n) is 19.6. The Labute approximate surface area is 189 Å². The van der Waals surface area contributed by atoms with Crippen LogP contribution in [0.2, 0.25) is 0 Å². The Balaban J connectivity index is 1.65. The normalized spacial score (nSPS) is 25.2. The summed E-state index contributed by atoms with van der Waals surface area (Å²) in [6.07, 6.45) is 6.74. The van der Waals surface area contributed by atoms with Crippen molar-refractivity contribution in [1.29, 1.82) is 0 Å². The first kappa shape index (κ1) is 21.4. The number of hydrogen-bond donors (Lipinski definition) is 0. The number of amides is 1. The number of carbonyl (C=O) groups excluding carboxylic acids is 2. The predicted molar refractivity (Wildman–Crippen MR) is 125 cm³/mol. The number of allylic oxidation sites excluding steroid dienone is 1. The van der Waals surface area contributed by atoms with Crippen LogP contribution in [0, 0.1) is 11.3 Å². The lowest BCUT2D eigenvalue weighted by atomic mass is 9.66. The molecule has 1 saturated heterocycles. The number of nitrogens with zero attached hydrogens (tertiary/aromatic N) is 3. The van der Waals surface area contributed by atoms with Gasteiger partial charge in [-0.3, -0.25) is 19.3 Å². The van der Waals surface area contributed by atoms with Crippen molar-refractivity contribution in [1.82, 2.24) is 14.5 Å². The fraction of sp³-hybridized carbons (Fsp3) is 0.538. The molecular formula is C26H33N3O3. The number of para-hydroxylation sites is 1. The first-order chi connectivity index (χ1) is 15.4. The van der Waals surface area contributed by atoms with Crippen LogP contribution in [-0.2, 0) is 20.8 Å². The van der Waals surface area contributed by atoms with Gasteiger partial charge in [-0.25, -0.2) is 5.06 Å². The first-order valence-corrected chi connectivity index (χ1v) is 11.9. The molecule has 32 heavy (non-hydrogen) atoms. The summed E-state index contributed by atoms with van der Waals surface area (Å²) in [6.45, 7) is 6.27. The molecule has 4 heterocycles. The molecule has 1 aromatic heterocycles. The highest BCUT2D eigenvalue weighted by molar-refractivity contribution is 6.18. The molecule has 0 spiro atoms. The maximum Gasteiger partial charge on any atom is 0.249 e. The number of hydrogen-bond acceptors (Lipinski definition) is 4. The van der Waals surface area contributed by atoms with Crippen molar-refractivity contribution in [2.75, 3.05) is 27.2 Å². The Morgan fingerprint density at radius 2 is 2.06 bits per heavy atom. The van der Waals surface area contributed by atoms with Gasteiger partial charge < -0.3 is 4.57 Å². The molecule has 170 valence electrons. The SMILES string of the molecule is CC[C@@]12C=C(C(=O)C[C@@H](C)C(=O)N(C)OC)n3c4c(c5ccccc53)CCN(CCC1)[C@H]42. The van der Waals surface area contributed by atoms with Crippen LogP contribution in [-0.4, -0.2) is 53.5 Å². The van der Waals surface area contributed by atoms with Gasteiger partial charge in [0, 0.05) is 42.4 Å². The van der Waals surface area contributed by atoms with Gasteiger partial charge in [0.1, 0.15) is 0 Å². The van der Waals surface area contributed by atoms with Crippen molar-refractivity contribution in [2.45, 2.75) is 52.0 Å². The van der Waals surface area contributed by atoms with E-state index in [1.807, 2.05) is 6.92 Å². The minimum absolute atomic E-state index is 0.0284. The third kappa shape index (κ3) is 3.00. The van der Waals surface area contributed by atoms with Crippen molar-refractivity contribution >= 4 is 28.3 Å². The fourth-order valence-corrected chi connectivity index (χ4v) is 6.35. The van der Waals surface area contributed by atoms with Crippen LogP contribution in [0.5, 0.6) is 0 Å². The van der Waals surface area contributed by atoms with E-state index in [1.54, 1.807) is 7.05 Å². The maximum atomic E-state index is 13.8. The predicted octanol–water partition coefficient (Wildman–Crippen LogP) is 4.20. The Bertz CT molecular complexity index is 1120. The topological polar surface area (TPSA) is 54.8 Å². The van der Waals surface area contributed by atoms with Gasteiger partial charge >= 0.3 is 0 Å². The average molecular weight is 436 g/mol. The second-order valence-corrected chi connectivity index (χ2v) is 9.67. The van der Waals surface area contributed by atoms with E-state index in [-0.39, 0.29) is 23.5 Å². The molecule has 1 aromatic carbocycles. The van der Waals surface area contributed by atoms with Crippen LogP contribution in [0.1, 0.15) is 56.8 Å². The van der Waals surface area contributed by atoms with Gasteiger partial charge in [0.05, 0.1) is 24.4 Å². The molecule has 0 aliphatic carbocycles. The van der Waals surface area contributed by atoms with E-state index in [4.69, 9.17) is 4.84 Å². The van der Waals surface area contributed by atoms with Gasteiger partial charge in [0.25, 0.3) is 0 Å². The molecule has 5 rings (SSSR count). The molecule has 6 heteroatoms. The lowest BCUT2D eigenvalue weighted by molar-refractivity contribution is -0.173. The summed E-state index contributed by atoms with van der Waals surface area (Å²) in [5.41, 5.74) is 4.56. The van der Waals surface area contributed by atoms with Gasteiger partial charge in [0.2, 0.25) is 5.91 Å². The molecule has 2 aromatic rings.